The molecule has 3 aliphatic heterocycles. The first-order valence-corrected chi connectivity index (χ1v) is 14.5. The van der Waals surface area contributed by atoms with Crippen LogP contribution < -0.4 is 15.0 Å². The van der Waals surface area contributed by atoms with Gasteiger partial charge in [-0.25, -0.2) is 13.2 Å². The zero-order chi connectivity index (χ0) is 26.7. The third-order valence-corrected chi connectivity index (χ3v) is 8.19. The van der Waals surface area contributed by atoms with Gasteiger partial charge in [-0.1, -0.05) is 13.8 Å². The van der Waals surface area contributed by atoms with Crippen molar-refractivity contribution in [2.75, 3.05) is 49.2 Å². The number of carbonyl (C=O) groups excluding carboxylic acids is 2. The Hall–Kier alpha value is -2.49. The minimum absolute atomic E-state index is 0.0350. The fourth-order valence-corrected chi connectivity index (χ4v) is 6.31. The predicted octanol–water partition coefficient (Wildman–Crippen LogP) is 3.09. The third-order valence-electron chi connectivity index (χ3n) is 6.68. The number of amides is 2. The van der Waals surface area contributed by atoms with E-state index in [2.05, 4.69) is 36.2 Å². The molecule has 0 unspecified atom stereocenters. The van der Waals surface area contributed by atoms with Crippen LogP contribution in [0.4, 0.5) is 10.5 Å². The number of ether oxygens (including phenoxy) is 2. The molecule has 0 aliphatic carbocycles. The summed E-state index contributed by atoms with van der Waals surface area (Å²) in [6.07, 6.45) is 0.298. The molecule has 2 atom stereocenters. The summed E-state index contributed by atoms with van der Waals surface area (Å²) in [4.78, 5) is 29.0. The summed E-state index contributed by atoms with van der Waals surface area (Å²) in [5.74, 6) is -0.197. The number of alkyl carbamates (subject to hydrolysis) is 1. The predicted molar refractivity (Wildman–Crippen MR) is 140 cm³/mol. The Kier molecular flexibility index (Phi) is 8.48. The second kappa shape index (κ2) is 10.9. The minimum atomic E-state index is -3.69. The molecule has 1 N–H and O–H groups in total. The molecule has 10 heteroatoms. The van der Waals surface area contributed by atoms with Gasteiger partial charge in [0.15, 0.2) is 9.84 Å². The summed E-state index contributed by atoms with van der Waals surface area (Å²) in [6.45, 7) is 13.9. The maximum Gasteiger partial charge on any atom is 0.407 e. The highest BCUT2D eigenvalue weighted by molar-refractivity contribution is 7.92. The van der Waals surface area contributed by atoms with E-state index in [0.29, 0.717) is 19.7 Å². The van der Waals surface area contributed by atoms with Crippen LogP contribution in [0.5, 0.6) is 5.75 Å². The number of hydrogen-bond acceptors (Lipinski definition) is 7. The topological polar surface area (TPSA) is 105 Å². The number of benzene rings is 1. The molecule has 0 spiro atoms. The Bertz CT molecular complexity index is 1030. The van der Waals surface area contributed by atoms with Crippen molar-refractivity contribution in [2.24, 2.45) is 11.3 Å². The Morgan fingerprint density at radius 1 is 1.11 bits per heavy atom. The Balaban J connectivity index is 1.64. The summed E-state index contributed by atoms with van der Waals surface area (Å²) in [5, 5.41) is 2.45. The average molecular weight is 524 g/mol. The number of anilines is 1. The fraction of sp³-hybridized carbons (Fsp3) is 0.692. The molecule has 0 saturated carbocycles. The molecule has 4 rings (SSSR count). The third kappa shape index (κ3) is 7.51. The van der Waals surface area contributed by atoms with Gasteiger partial charge in [0.25, 0.3) is 0 Å². The molecule has 3 saturated heterocycles. The van der Waals surface area contributed by atoms with Crippen molar-refractivity contribution in [3.63, 3.8) is 0 Å². The van der Waals surface area contributed by atoms with Crippen molar-refractivity contribution in [3.05, 3.63) is 24.3 Å². The first-order valence-electron chi connectivity index (χ1n) is 12.6. The van der Waals surface area contributed by atoms with Crippen molar-refractivity contribution >= 4 is 27.5 Å². The van der Waals surface area contributed by atoms with Crippen LogP contribution >= 0.6 is 0 Å². The molecular weight excluding hydrogens is 482 g/mol. The summed E-state index contributed by atoms with van der Waals surface area (Å²) in [6, 6.07) is 8.09. The van der Waals surface area contributed by atoms with Gasteiger partial charge in [0, 0.05) is 31.9 Å². The molecule has 2 amide bonds. The molecule has 36 heavy (non-hydrogen) atoms. The molecule has 0 radical (unpaired) electrons. The molecule has 202 valence electrons. The zero-order valence-electron chi connectivity index (χ0n) is 22.4. The van der Waals surface area contributed by atoms with Gasteiger partial charge in [-0.2, -0.15) is 0 Å². The van der Waals surface area contributed by atoms with E-state index in [1.165, 1.54) is 0 Å². The maximum atomic E-state index is 13.1. The average Bonchev–Trinajstić information content (AvgIpc) is 3.00. The molecule has 3 heterocycles. The van der Waals surface area contributed by atoms with Crippen LogP contribution in [0.15, 0.2) is 24.3 Å². The lowest BCUT2D eigenvalue weighted by Gasteiger charge is -2.48. The number of nitrogens with zero attached hydrogens (tertiary/aromatic N) is 2. The monoisotopic (exact) mass is 523 g/mol. The lowest BCUT2D eigenvalue weighted by atomic mass is 9.73. The van der Waals surface area contributed by atoms with Gasteiger partial charge in [-0.05, 0) is 69.7 Å². The summed E-state index contributed by atoms with van der Waals surface area (Å²) >= 11 is 0. The van der Waals surface area contributed by atoms with E-state index in [1.807, 2.05) is 19.1 Å². The van der Waals surface area contributed by atoms with Crippen LogP contribution in [0.2, 0.25) is 0 Å². The first-order chi connectivity index (χ1) is 16.7. The van der Waals surface area contributed by atoms with Crippen molar-refractivity contribution < 1.29 is 27.5 Å². The van der Waals surface area contributed by atoms with Gasteiger partial charge in [-0.15, -0.1) is 0 Å². The van der Waals surface area contributed by atoms with Crippen molar-refractivity contribution in [1.29, 1.82) is 0 Å². The summed E-state index contributed by atoms with van der Waals surface area (Å²) < 4.78 is 36.0. The minimum Gasteiger partial charge on any atom is -0.494 e. The van der Waals surface area contributed by atoms with E-state index in [4.69, 9.17) is 9.47 Å². The molecule has 0 aromatic heterocycles. The second-order valence-corrected chi connectivity index (χ2v) is 13.7. The normalized spacial score (nSPS) is 21.6. The van der Waals surface area contributed by atoms with Gasteiger partial charge < -0.3 is 24.6 Å². The lowest BCUT2D eigenvalue weighted by Crippen LogP contribution is -2.54. The number of piperidine rings is 1. The number of hydrogen-bond donors (Lipinski definition) is 1. The molecule has 3 aliphatic rings. The highest BCUT2D eigenvalue weighted by Crippen LogP contribution is 2.43. The number of carbonyl (C=O) groups is 2. The van der Waals surface area contributed by atoms with E-state index in [0.717, 1.165) is 24.4 Å². The van der Waals surface area contributed by atoms with Gasteiger partial charge in [0.2, 0.25) is 5.91 Å². The Morgan fingerprint density at radius 3 is 2.39 bits per heavy atom. The van der Waals surface area contributed by atoms with Gasteiger partial charge in [-0.3, -0.25) is 4.79 Å². The number of sulfone groups is 1. The number of nitrogens with one attached hydrogen (secondary N) is 1. The van der Waals surface area contributed by atoms with E-state index in [1.54, 1.807) is 25.7 Å². The fourth-order valence-electron chi connectivity index (χ4n) is 5.20. The molecule has 2 bridgehead atoms. The molecular formula is C26H41N3O6S. The quantitative estimate of drug-likeness (QED) is 0.558. The Morgan fingerprint density at radius 2 is 1.78 bits per heavy atom. The molecule has 1 aromatic carbocycles. The number of rotatable bonds is 8. The van der Waals surface area contributed by atoms with E-state index >= 15 is 0 Å². The van der Waals surface area contributed by atoms with E-state index in [9.17, 15) is 18.0 Å². The Labute approximate surface area is 215 Å². The van der Waals surface area contributed by atoms with Crippen LogP contribution in [0.25, 0.3) is 0 Å². The maximum absolute atomic E-state index is 13.1. The SMILES string of the molecule is CCOc1ccc(N2C[C@H]3CN(C(=O)CS(=O)(=O)CCNC(=O)OC(C)(C)C)C[C@@H]2C(C)(C)C3)cc1. The summed E-state index contributed by atoms with van der Waals surface area (Å²) in [7, 11) is -3.69. The first kappa shape index (κ1) is 28.1. The second-order valence-electron chi connectivity index (χ2n) is 11.5. The highest BCUT2D eigenvalue weighted by Gasteiger charge is 2.47. The van der Waals surface area contributed by atoms with E-state index in [-0.39, 0.29) is 35.6 Å². The van der Waals surface area contributed by atoms with Crippen LogP contribution in [0.1, 0.15) is 48.0 Å². The zero-order valence-corrected chi connectivity index (χ0v) is 23.2. The van der Waals surface area contributed by atoms with Crippen LogP contribution in [-0.2, 0) is 19.4 Å². The highest BCUT2D eigenvalue weighted by atomic mass is 32.2. The van der Waals surface area contributed by atoms with Crippen molar-refractivity contribution in [2.45, 2.75) is 59.6 Å². The van der Waals surface area contributed by atoms with Crippen LogP contribution in [-0.4, -0.2) is 81.3 Å². The van der Waals surface area contributed by atoms with Crippen molar-refractivity contribution in [1.82, 2.24) is 10.2 Å². The van der Waals surface area contributed by atoms with Gasteiger partial charge in [0.05, 0.1) is 18.4 Å². The number of fused-ring (bicyclic) bond motifs is 4. The largest absolute Gasteiger partial charge is 0.494 e. The molecule has 1 aromatic rings. The smallest absolute Gasteiger partial charge is 0.407 e. The van der Waals surface area contributed by atoms with Crippen molar-refractivity contribution in [3.8, 4) is 5.75 Å². The van der Waals surface area contributed by atoms with Gasteiger partial charge >= 0.3 is 6.09 Å². The lowest BCUT2D eigenvalue weighted by molar-refractivity contribution is -0.128. The summed E-state index contributed by atoms with van der Waals surface area (Å²) in [5.41, 5.74) is 0.376. The molecule has 9 nitrogen and oxygen atoms in total. The van der Waals surface area contributed by atoms with E-state index < -0.39 is 27.3 Å². The van der Waals surface area contributed by atoms with Crippen LogP contribution in [0.3, 0.4) is 0 Å². The molecule has 3 fully saturated rings. The van der Waals surface area contributed by atoms with Gasteiger partial charge in [0.1, 0.15) is 17.1 Å². The standard InChI is InChI=1S/C26H41N3O6S/c1-7-34-21-10-8-20(9-11-21)29-16-19-14-26(5,6)22(29)17-28(15-19)23(30)18-36(32,33)13-12-27-24(31)35-25(2,3)4/h8-11,19,22H,7,12-18H2,1-6H3,(H,27,31)/t19-,22-/m1/s1. The van der Waals surface area contributed by atoms with Crippen LogP contribution in [0, 0.1) is 11.3 Å².